The average molecular weight is 307 g/mol. The van der Waals surface area contributed by atoms with Crippen molar-refractivity contribution in [2.75, 3.05) is 18.8 Å². The van der Waals surface area contributed by atoms with Gasteiger partial charge in [0.15, 0.2) is 0 Å². The Hall–Kier alpha value is -0.870. The molecule has 0 aromatic heterocycles. The maximum absolute atomic E-state index is 12.2. The molecular weight excluding hydrogens is 282 g/mol. The first-order valence-electron chi connectivity index (χ1n) is 8.06. The van der Waals surface area contributed by atoms with E-state index in [4.69, 9.17) is 0 Å². The zero-order chi connectivity index (χ0) is 15.1. The highest BCUT2D eigenvalue weighted by Gasteiger charge is 2.47. The fourth-order valence-corrected chi connectivity index (χ4v) is 5.80. The van der Waals surface area contributed by atoms with Crippen molar-refractivity contribution in [2.24, 2.45) is 5.92 Å². The number of piperidine rings is 1. The van der Waals surface area contributed by atoms with Gasteiger partial charge in [-0.2, -0.15) is 0 Å². The standard InChI is InChI=1S/C17H25NO2S/c1-3-12-21(19,20)18-10-8-17(9-11-18)14(2)13-15-6-4-5-7-16(15)17/h4-7,14H,3,8-13H2,1-2H3/t14-/m1/s1. The third-order valence-electron chi connectivity index (χ3n) is 5.49. The van der Waals surface area contributed by atoms with E-state index in [1.165, 1.54) is 11.1 Å². The lowest BCUT2D eigenvalue weighted by molar-refractivity contribution is 0.184. The van der Waals surface area contributed by atoms with Gasteiger partial charge in [-0.1, -0.05) is 38.1 Å². The summed E-state index contributed by atoms with van der Waals surface area (Å²) in [5.74, 6) is 0.900. The van der Waals surface area contributed by atoms with Crippen LogP contribution in [0.2, 0.25) is 0 Å². The second kappa shape index (κ2) is 5.40. The van der Waals surface area contributed by atoms with Crippen LogP contribution in [0.4, 0.5) is 0 Å². The van der Waals surface area contributed by atoms with E-state index in [2.05, 4.69) is 31.2 Å². The molecule has 1 spiro atoms. The minimum atomic E-state index is -3.04. The molecule has 21 heavy (non-hydrogen) atoms. The number of fused-ring (bicyclic) bond motifs is 2. The minimum absolute atomic E-state index is 0.203. The van der Waals surface area contributed by atoms with Crippen LogP contribution in [0.25, 0.3) is 0 Å². The van der Waals surface area contributed by atoms with Crippen LogP contribution >= 0.6 is 0 Å². The molecule has 0 saturated carbocycles. The first-order chi connectivity index (χ1) is 9.99. The summed E-state index contributed by atoms with van der Waals surface area (Å²) >= 11 is 0. The van der Waals surface area contributed by atoms with Crippen LogP contribution in [0.3, 0.4) is 0 Å². The second-order valence-electron chi connectivity index (χ2n) is 6.63. The molecule has 0 unspecified atom stereocenters. The predicted molar refractivity (Wildman–Crippen MR) is 85.9 cm³/mol. The van der Waals surface area contributed by atoms with Crippen molar-refractivity contribution in [3.63, 3.8) is 0 Å². The van der Waals surface area contributed by atoms with Gasteiger partial charge >= 0.3 is 0 Å². The molecule has 0 amide bonds. The normalized spacial score (nSPS) is 25.1. The smallest absolute Gasteiger partial charge is 0.212 e. The number of hydrogen-bond acceptors (Lipinski definition) is 2. The van der Waals surface area contributed by atoms with Crippen LogP contribution in [-0.4, -0.2) is 31.6 Å². The van der Waals surface area contributed by atoms with Gasteiger partial charge in [-0.15, -0.1) is 0 Å². The number of rotatable bonds is 3. The van der Waals surface area contributed by atoms with Gasteiger partial charge in [0.1, 0.15) is 0 Å². The highest BCUT2D eigenvalue weighted by molar-refractivity contribution is 7.89. The molecule has 0 N–H and O–H groups in total. The van der Waals surface area contributed by atoms with Crippen LogP contribution in [0, 0.1) is 5.92 Å². The van der Waals surface area contributed by atoms with E-state index in [1.54, 1.807) is 4.31 Å². The zero-order valence-electron chi connectivity index (χ0n) is 13.0. The summed E-state index contributed by atoms with van der Waals surface area (Å²) in [6.07, 6.45) is 3.77. The molecule has 4 heteroatoms. The molecule has 1 fully saturated rings. The molecular formula is C17H25NO2S. The van der Waals surface area contributed by atoms with Gasteiger partial charge in [-0.3, -0.25) is 0 Å². The molecule has 3 rings (SSSR count). The molecule has 1 aromatic carbocycles. The van der Waals surface area contributed by atoms with Gasteiger partial charge in [0.25, 0.3) is 0 Å². The largest absolute Gasteiger partial charge is 0.214 e. The monoisotopic (exact) mass is 307 g/mol. The Bertz CT molecular complexity index is 615. The van der Waals surface area contributed by atoms with Gasteiger partial charge < -0.3 is 0 Å². The van der Waals surface area contributed by atoms with Crippen molar-refractivity contribution in [3.8, 4) is 0 Å². The Balaban J connectivity index is 1.82. The Kier molecular flexibility index (Phi) is 3.87. The summed E-state index contributed by atoms with van der Waals surface area (Å²) in [6, 6.07) is 8.74. The van der Waals surface area contributed by atoms with Gasteiger partial charge in [0, 0.05) is 18.5 Å². The van der Waals surface area contributed by atoms with Crippen LogP contribution in [0.1, 0.15) is 44.2 Å². The molecule has 2 aliphatic rings. The van der Waals surface area contributed by atoms with Crippen LogP contribution < -0.4 is 0 Å². The Morgan fingerprint density at radius 1 is 1.24 bits per heavy atom. The Morgan fingerprint density at radius 2 is 1.90 bits per heavy atom. The topological polar surface area (TPSA) is 37.4 Å². The average Bonchev–Trinajstić information content (AvgIpc) is 2.73. The van der Waals surface area contributed by atoms with E-state index in [0.29, 0.717) is 25.4 Å². The molecule has 1 aliphatic carbocycles. The zero-order valence-corrected chi connectivity index (χ0v) is 13.8. The quantitative estimate of drug-likeness (QED) is 0.861. The lowest BCUT2D eigenvalue weighted by atomic mass is 9.69. The molecule has 3 nitrogen and oxygen atoms in total. The molecule has 1 heterocycles. The molecule has 116 valence electrons. The summed E-state index contributed by atoms with van der Waals surface area (Å²) < 4.78 is 26.2. The summed E-state index contributed by atoms with van der Waals surface area (Å²) in [4.78, 5) is 0. The van der Waals surface area contributed by atoms with E-state index >= 15 is 0 Å². The van der Waals surface area contributed by atoms with Crippen LogP contribution in [0.15, 0.2) is 24.3 Å². The van der Waals surface area contributed by atoms with Crippen LogP contribution in [-0.2, 0) is 21.9 Å². The van der Waals surface area contributed by atoms with Crippen LogP contribution in [0.5, 0.6) is 0 Å². The van der Waals surface area contributed by atoms with Crippen molar-refractivity contribution < 1.29 is 8.42 Å². The Labute approximate surface area is 128 Å². The maximum Gasteiger partial charge on any atom is 0.214 e. The molecule has 1 saturated heterocycles. The van der Waals surface area contributed by atoms with Gasteiger partial charge in [0.05, 0.1) is 5.75 Å². The van der Waals surface area contributed by atoms with Gasteiger partial charge in [-0.25, -0.2) is 12.7 Å². The second-order valence-corrected chi connectivity index (χ2v) is 8.72. The van der Waals surface area contributed by atoms with E-state index < -0.39 is 10.0 Å². The van der Waals surface area contributed by atoms with Gasteiger partial charge in [0.2, 0.25) is 10.0 Å². The lowest BCUT2D eigenvalue weighted by Crippen LogP contribution is -2.47. The van der Waals surface area contributed by atoms with E-state index in [9.17, 15) is 8.42 Å². The van der Waals surface area contributed by atoms with Crippen molar-refractivity contribution in [1.29, 1.82) is 0 Å². The van der Waals surface area contributed by atoms with Gasteiger partial charge in [-0.05, 0) is 42.7 Å². The third kappa shape index (κ3) is 2.42. The number of sulfonamides is 1. The highest BCUT2D eigenvalue weighted by atomic mass is 32.2. The summed E-state index contributed by atoms with van der Waals surface area (Å²) in [5.41, 5.74) is 3.15. The number of nitrogens with zero attached hydrogens (tertiary/aromatic N) is 1. The third-order valence-corrected chi connectivity index (χ3v) is 7.57. The molecule has 1 atom stereocenters. The molecule has 0 radical (unpaired) electrons. The lowest BCUT2D eigenvalue weighted by Gasteiger charge is -2.42. The fraction of sp³-hybridized carbons (Fsp3) is 0.647. The predicted octanol–water partition coefficient (Wildman–Crippen LogP) is 2.95. The highest BCUT2D eigenvalue weighted by Crippen LogP contribution is 2.49. The maximum atomic E-state index is 12.2. The number of hydrogen-bond donors (Lipinski definition) is 0. The first kappa shape index (κ1) is 15.0. The van der Waals surface area contributed by atoms with E-state index in [0.717, 1.165) is 19.3 Å². The Morgan fingerprint density at radius 3 is 2.57 bits per heavy atom. The molecule has 1 aliphatic heterocycles. The van der Waals surface area contributed by atoms with Crippen molar-refractivity contribution in [3.05, 3.63) is 35.4 Å². The fourth-order valence-electron chi connectivity index (χ4n) is 4.29. The summed E-state index contributed by atoms with van der Waals surface area (Å²) in [6.45, 7) is 5.62. The van der Waals surface area contributed by atoms with Crippen molar-refractivity contribution in [1.82, 2.24) is 4.31 Å². The first-order valence-corrected chi connectivity index (χ1v) is 9.67. The summed E-state index contributed by atoms with van der Waals surface area (Å²) in [7, 11) is -3.04. The minimum Gasteiger partial charge on any atom is -0.212 e. The van der Waals surface area contributed by atoms with E-state index in [-0.39, 0.29) is 11.2 Å². The summed E-state index contributed by atoms with van der Waals surface area (Å²) in [5, 5.41) is 0. The molecule has 1 aromatic rings. The number of benzene rings is 1. The SMILES string of the molecule is CCCS(=O)(=O)N1CCC2(CC1)c1ccccc1C[C@H]2C. The molecule has 0 bridgehead atoms. The van der Waals surface area contributed by atoms with E-state index in [1.807, 2.05) is 6.92 Å². The van der Waals surface area contributed by atoms with Crippen molar-refractivity contribution in [2.45, 2.75) is 44.9 Å². The van der Waals surface area contributed by atoms with Crippen molar-refractivity contribution >= 4 is 10.0 Å².